The Hall–Kier alpha value is -1.26. The van der Waals surface area contributed by atoms with Gasteiger partial charge in [-0.15, -0.1) is 0 Å². The summed E-state index contributed by atoms with van der Waals surface area (Å²) in [5, 5.41) is 12.2. The monoisotopic (exact) mass is 270 g/mol. The molecule has 0 aromatic heterocycles. The molecule has 2 N–H and O–H groups in total. The lowest BCUT2D eigenvalue weighted by atomic mass is 9.85. The number of urea groups is 1. The number of amides is 2. The van der Waals surface area contributed by atoms with E-state index in [9.17, 15) is 14.7 Å². The van der Waals surface area contributed by atoms with Crippen LogP contribution in [0.1, 0.15) is 52.4 Å². The standard InChI is InChI=1S/C14H26N2O3/c1-4-5-6-10-16(3)13(19)15-11-8-7-9-14(11,2)12(17)18/h11H,4-10H2,1-3H3,(H,15,19)(H,17,18). The zero-order valence-electron chi connectivity index (χ0n) is 12.2. The van der Waals surface area contributed by atoms with E-state index < -0.39 is 11.4 Å². The van der Waals surface area contributed by atoms with Gasteiger partial charge in [0.15, 0.2) is 0 Å². The normalized spacial score (nSPS) is 26.2. The molecule has 5 heteroatoms. The van der Waals surface area contributed by atoms with Crippen molar-refractivity contribution in [2.45, 2.75) is 58.4 Å². The summed E-state index contributed by atoms with van der Waals surface area (Å²) < 4.78 is 0. The molecule has 0 bridgehead atoms. The molecule has 0 aromatic rings. The molecule has 1 rings (SSSR count). The SMILES string of the molecule is CCCCCN(C)C(=O)NC1CCCC1(C)C(=O)O. The summed E-state index contributed by atoms with van der Waals surface area (Å²) in [6.45, 7) is 4.57. The first-order chi connectivity index (χ1) is 8.91. The van der Waals surface area contributed by atoms with Gasteiger partial charge in [0, 0.05) is 19.6 Å². The van der Waals surface area contributed by atoms with Crippen LogP contribution in [0.5, 0.6) is 0 Å². The minimum atomic E-state index is -0.820. The largest absolute Gasteiger partial charge is 0.481 e. The Balaban J connectivity index is 2.49. The van der Waals surface area contributed by atoms with Crippen LogP contribution in [0.4, 0.5) is 4.79 Å². The van der Waals surface area contributed by atoms with Gasteiger partial charge in [-0.2, -0.15) is 0 Å². The molecule has 110 valence electrons. The van der Waals surface area contributed by atoms with Crippen molar-refractivity contribution in [1.82, 2.24) is 10.2 Å². The van der Waals surface area contributed by atoms with Crippen molar-refractivity contribution in [2.24, 2.45) is 5.41 Å². The van der Waals surface area contributed by atoms with E-state index in [2.05, 4.69) is 12.2 Å². The molecule has 1 fully saturated rings. The van der Waals surface area contributed by atoms with E-state index in [-0.39, 0.29) is 12.1 Å². The second-order valence-corrected chi connectivity index (χ2v) is 5.75. The predicted molar refractivity (Wildman–Crippen MR) is 74.1 cm³/mol. The molecule has 19 heavy (non-hydrogen) atoms. The molecule has 2 unspecified atom stereocenters. The number of carboxylic acids is 1. The number of carboxylic acid groups (broad SMARTS) is 1. The van der Waals surface area contributed by atoms with Gasteiger partial charge >= 0.3 is 12.0 Å². The summed E-state index contributed by atoms with van der Waals surface area (Å²) in [6.07, 6.45) is 5.45. The van der Waals surface area contributed by atoms with E-state index >= 15 is 0 Å². The third-order valence-corrected chi connectivity index (χ3v) is 4.19. The predicted octanol–water partition coefficient (Wildman–Crippen LogP) is 2.46. The van der Waals surface area contributed by atoms with Crippen molar-refractivity contribution in [3.8, 4) is 0 Å². The lowest BCUT2D eigenvalue weighted by Crippen LogP contribution is -2.50. The Morgan fingerprint density at radius 2 is 2.11 bits per heavy atom. The Bertz CT molecular complexity index is 333. The molecule has 0 aliphatic heterocycles. The number of hydrogen-bond donors (Lipinski definition) is 2. The average Bonchev–Trinajstić information content (AvgIpc) is 2.72. The highest BCUT2D eigenvalue weighted by Crippen LogP contribution is 2.38. The summed E-state index contributed by atoms with van der Waals surface area (Å²) in [7, 11) is 1.76. The lowest BCUT2D eigenvalue weighted by Gasteiger charge is -2.29. The van der Waals surface area contributed by atoms with Crippen LogP contribution in [0.3, 0.4) is 0 Å². The van der Waals surface area contributed by atoms with Gasteiger partial charge in [-0.1, -0.05) is 26.2 Å². The van der Waals surface area contributed by atoms with E-state index in [0.717, 1.165) is 38.6 Å². The molecule has 1 aliphatic carbocycles. The van der Waals surface area contributed by atoms with Crippen LogP contribution in [0.25, 0.3) is 0 Å². The number of aliphatic carboxylic acids is 1. The first kappa shape index (κ1) is 15.8. The number of hydrogen-bond acceptors (Lipinski definition) is 2. The Kier molecular flexibility index (Phi) is 5.63. The van der Waals surface area contributed by atoms with Crippen molar-refractivity contribution < 1.29 is 14.7 Å². The number of carbonyl (C=O) groups is 2. The molecule has 2 amide bonds. The summed E-state index contributed by atoms with van der Waals surface area (Å²) in [6, 6.07) is -0.415. The molecule has 1 saturated carbocycles. The molecule has 1 aliphatic rings. The smallest absolute Gasteiger partial charge is 0.317 e. The van der Waals surface area contributed by atoms with Crippen LogP contribution >= 0.6 is 0 Å². The number of nitrogens with one attached hydrogen (secondary N) is 1. The number of carbonyl (C=O) groups excluding carboxylic acids is 1. The van der Waals surface area contributed by atoms with Crippen LogP contribution < -0.4 is 5.32 Å². The summed E-state index contributed by atoms with van der Waals surface area (Å²) in [4.78, 5) is 25.0. The van der Waals surface area contributed by atoms with Gasteiger partial charge in [0.25, 0.3) is 0 Å². The maximum atomic E-state index is 12.0. The maximum absolute atomic E-state index is 12.0. The summed E-state index contributed by atoms with van der Waals surface area (Å²) >= 11 is 0. The fourth-order valence-corrected chi connectivity index (χ4v) is 2.61. The lowest BCUT2D eigenvalue weighted by molar-refractivity contribution is -0.148. The summed E-state index contributed by atoms with van der Waals surface area (Å²) in [5.41, 5.74) is -0.820. The fourth-order valence-electron chi connectivity index (χ4n) is 2.61. The molecule has 0 heterocycles. The van der Waals surface area contributed by atoms with Gasteiger partial charge in [-0.3, -0.25) is 4.79 Å². The van der Waals surface area contributed by atoms with E-state index in [0.29, 0.717) is 6.42 Å². The van der Waals surface area contributed by atoms with E-state index in [1.54, 1.807) is 18.9 Å². The molecule has 0 spiro atoms. The first-order valence-corrected chi connectivity index (χ1v) is 7.17. The fraction of sp³-hybridized carbons (Fsp3) is 0.857. The van der Waals surface area contributed by atoms with E-state index in [4.69, 9.17) is 0 Å². The van der Waals surface area contributed by atoms with E-state index in [1.807, 2.05) is 0 Å². The number of unbranched alkanes of at least 4 members (excludes halogenated alkanes) is 2. The third kappa shape index (κ3) is 3.85. The minimum Gasteiger partial charge on any atom is -0.481 e. The molecule has 2 atom stereocenters. The second kappa shape index (κ2) is 6.78. The van der Waals surface area contributed by atoms with Crippen LogP contribution in [-0.2, 0) is 4.79 Å². The number of nitrogens with zero attached hydrogens (tertiary/aromatic N) is 1. The molecule has 0 saturated heterocycles. The van der Waals surface area contributed by atoms with Crippen molar-refractivity contribution in [2.75, 3.05) is 13.6 Å². The van der Waals surface area contributed by atoms with Gasteiger partial charge in [0.05, 0.1) is 5.41 Å². The number of rotatable bonds is 6. The molecule has 0 aromatic carbocycles. The maximum Gasteiger partial charge on any atom is 0.317 e. The molecule has 0 radical (unpaired) electrons. The van der Waals surface area contributed by atoms with Gasteiger partial charge in [0.1, 0.15) is 0 Å². The highest BCUT2D eigenvalue weighted by molar-refractivity contribution is 5.79. The second-order valence-electron chi connectivity index (χ2n) is 5.75. The van der Waals surface area contributed by atoms with E-state index in [1.165, 1.54) is 0 Å². The molecule has 5 nitrogen and oxygen atoms in total. The molecular formula is C14H26N2O3. The Labute approximate surface area is 115 Å². The van der Waals surface area contributed by atoms with Gasteiger partial charge < -0.3 is 15.3 Å². The van der Waals surface area contributed by atoms with Gasteiger partial charge in [0.2, 0.25) is 0 Å². The third-order valence-electron chi connectivity index (χ3n) is 4.19. The van der Waals surface area contributed by atoms with Gasteiger partial charge in [-0.25, -0.2) is 4.79 Å². The van der Waals surface area contributed by atoms with Crippen molar-refractivity contribution >= 4 is 12.0 Å². The van der Waals surface area contributed by atoms with Gasteiger partial charge in [-0.05, 0) is 26.2 Å². The topological polar surface area (TPSA) is 69.6 Å². The first-order valence-electron chi connectivity index (χ1n) is 7.17. The average molecular weight is 270 g/mol. The summed E-state index contributed by atoms with van der Waals surface area (Å²) in [5.74, 6) is -0.816. The van der Waals surface area contributed by atoms with Crippen LogP contribution in [0.15, 0.2) is 0 Å². The zero-order chi connectivity index (χ0) is 14.5. The van der Waals surface area contributed by atoms with Crippen molar-refractivity contribution in [3.63, 3.8) is 0 Å². The Morgan fingerprint density at radius 3 is 2.68 bits per heavy atom. The highest BCUT2D eigenvalue weighted by atomic mass is 16.4. The van der Waals surface area contributed by atoms with Crippen molar-refractivity contribution in [3.05, 3.63) is 0 Å². The Morgan fingerprint density at radius 1 is 1.42 bits per heavy atom. The van der Waals surface area contributed by atoms with Crippen molar-refractivity contribution in [1.29, 1.82) is 0 Å². The quantitative estimate of drug-likeness (QED) is 0.728. The van der Waals surface area contributed by atoms with Crippen LogP contribution in [0, 0.1) is 5.41 Å². The molecular weight excluding hydrogens is 244 g/mol. The zero-order valence-corrected chi connectivity index (χ0v) is 12.2. The highest BCUT2D eigenvalue weighted by Gasteiger charge is 2.46. The van der Waals surface area contributed by atoms with Crippen LogP contribution in [-0.4, -0.2) is 41.6 Å². The van der Waals surface area contributed by atoms with Crippen LogP contribution in [0.2, 0.25) is 0 Å². The minimum absolute atomic E-state index is 0.157.